The van der Waals surface area contributed by atoms with Crippen LogP contribution in [0.2, 0.25) is 10.0 Å². The van der Waals surface area contributed by atoms with Crippen LogP contribution in [-0.2, 0) is 11.2 Å². The minimum absolute atomic E-state index is 0.0811. The molecule has 7 heteroatoms. The van der Waals surface area contributed by atoms with Crippen LogP contribution in [0.1, 0.15) is 15.9 Å². The summed E-state index contributed by atoms with van der Waals surface area (Å²) in [4.78, 5) is 23.5. The van der Waals surface area contributed by atoms with Crippen LogP contribution in [0.15, 0.2) is 42.5 Å². The van der Waals surface area contributed by atoms with Crippen LogP contribution in [0.5, 0.6) is 0 Å². The van der Waals surface area contributed by atoms with Gasteiger partial charge in [0.1, 0.15) is 5.82 Å². The maximum Gasteiger partial charge on any atom is 0.269 e. The van der Waals surface area contributed by atoms with Crippen LogP contribution in [0, 0.1) is 5.82 Å². The Morgan fingerprint density at radius 3 is 2.14 bits per heavy atom. The molecule has 114 valence electrons. The Hall–Kier alpha value is -2.11. The number of rotatable bonds is 3. The molecule has 0 aliphatic carbocycles. The average molecular weight is 341 g/mol. The van der Waals surface area contributed by atoms with Crippen molar-refractivity contribution in [2.75, 3.05) is 0 Å². The molecule has 2 aromatic rings. The molecule has 2 amide bonds. The van der Waals surface area contributed by atoms with Crippen molar-refractivity contribution in [3.8, 4) is 0 Å². The van der Waals surface area contributed by atoms with Crippen molar-refractivity contribution < 1.29 is 14.0 Å². The Balaban J connectivity index is 1.93. The van der Waals surface area contributed by atoms with E-state index < -0.39 is 17.6 Å². The van der Waals surface area contributed by atoms with E-state index in [2.05, 4.69) is 10.9 Å². The van der Waals surface area contributed by atoms with Crippen molar-refractivity contribution in [3.05, 3.63) is 69.5 Å². The summed E-state index contributed by atoms with van der Waals surface area (Å²) in [6.45, 7) is 0. The Labute approximate surface area is 136 Å². The van der Waals surface area contributed by atoms with Crippen LogP contribution in [0.3, 0.4) is 0 Å². The summed E-state index contributed by atoms with van der Waals surface area (Å²) < 4.78 is 12.8. The zero-order valence-electron chi connectivity index (χ0n) is 11.2. The minimum Gasteiger partial charge on any atom is -0.273 e. The Morgan fingerprint density at radius 1 is 0.955 bits per heavy atom. The first-order valence-electron chi connectivity index (χ1n) is 6.25. The average Bonchev–Trinajstić information content (AvgIpc) is 2.49. The van der Waals surface area contributed by atoms with Gasteiger partial charge < -0.3 is 0 Å². The molecular weight excluding hydrogens is 330 g/mol. The number of nitrogens with one attached hydrogen (secondary N) is 2. The van der Waals surface area contributed by atoms with Crippen molar-refractivity contribution in [3.63, 3.8) is 0 Å². The number of hydrogen-bond acceptors (Lipinski definition) is 2. The summed E-state index contributed by atoms with van der Waals surface area (Å²) in [7, 11) is 0. The van der Waals surface area contributed by atoms with Crippen molar-refractivity contribution in [1.82, 2.24) is 10.9 Å². The summed E-state index contributed by atoms with van der Waals surface area (Å²) in [5.74, 6) is -1.49. The van der Waals surface area contributed by atoms with Gasteiger partial charge in [-0.3, -0.25) is 20.4 Å². The number of halogens is 3. The number of hydrogen-bond donors (Lipinski definition) is 2. The summed E-state index contributed by atoms with van der Waals surface area (Å²) in [6.07, 6.45) is -0.0811. The molecule has 0 radical (unpaired) electrons. The molecule has 2 N–H and O–H groups in total. The normalized spacial score (nSPS) is 10.1. The predicted octanol–water partition coefficient (Wildman–Crippen LogP) is 3.14. The van der Waals surface area contributed by atoms with Crippen molar-refractivity contribution in [2.45, 2.75) is 6.42 Å². The van der Waals surface area contributed by atoms with Gasteiger partial charge in [0.05, 0.1) is 6.42 Å². The second kappa shape index (κ2) is 7.24. The molecule has 2 rings (SSSR count). The quantitative estimate of drug-likeness (QED) is 0.843. The van der Waals surface area contributed by atoms with Gasteiger partial charge in [0.25, 0.3) is 5.91 Å². The van der Waals surface area contributed by atoms with Gasteiger partial charge in [0, 0.05) is 15.6 Å². The van der Waals surface area contributed by atoms with E-state index in [1.807, 2.05) is 0 Å². The number of carbonyl (C=O) groups excluding carboxylic acids is 2. The van der Waals surface area contributed by atoms with Gasteiger partial charge in [-0.2, -0.15) is 0 Å². The molecule has 0 saturated carbocycles. The van der Waals surface area contributed by atoms with Crippen LogP contribution in [0.25, 0.3) is 0 Å². The molecule has 0 aliphatic heterocycles. The Morgan fingerprint density at radius 2 is 1.55 bits per heavy atom. The van der Waals surface area contributed by atoms with Crippen molar-refractivity contribution in [2.24, 2.45) is 0 Å². The fourth-order valence-corrected chi connectivity index (χ4v) is 2.24. The summed E-state index contributed by atoms with van der Waals surface area (Å²) in [6, 6.07) is 9.83. The molecule has 22 heavy (non-hydrogen) atoms. The highest BCUT2D eigenvalue weighted by Gasteiger charge is 2.12. The number of carbonyl (C=O) groups is 2. The molecular formula is C15H11Cl2FN2O2. The van der Waals surface area contributed by atoms with Crippen LogP contribution >= 0.6 is 23.2 Å². The third-order valence-corrected chi connectivity index (χ3v) is 3.53. The lowest BCUT2D eigenvalue weighted by Crippen LogP contribution is -2.42. The largest absolute Gasteiger partial charge is 0.273 e. The Kier molecular flexibility index (Phi) is 5.35. The smallest absolute Gasteiger partial charge is 0.269 e. The van der Waals surface area contributed by atoms with Gasteiger partial charge >= 0.3 is 0 Å². The topological polar surface area (TPSA) is 58.2 Å². The molecule has 4 nitrogen and oxygen atoms in total. The highest BCUT2D eigenvalue weighted by atomic mass is 35.5. The van der Waals surface area contributed by atoms with E-state index >= 15 is 0 Å². The molecule has 0 aromatic heterocycles. The van der Waals surface area contributed by atoms with E-state index in [4.69, 9.17) is 23.2 Å². The molecule has 0 unspecified atom stereocenters. The molecule has 0 heterocycles. The summed E-state index contributed by atoms with van der Waals surface area (Å²) in [5, 5.41) is 0.736. The van der Waals surface area contributed by atoms with Gasteiger partial charge in [-0.15, -0.1) is 0 Å². The monoisotopic (exact) mass is 340 g/mol. The fourth-order valence-electron chi connectivity index (χ4n) is 1.71. The Bertz CT molecular complexity index is 685. The van der Waals surface area contributed by atoms with Gasteiger partial charge in [0.2, 0.25) is 5.91 Å². The minimum atomic E-state index is -0.557. The summed E-state index contributed by atoms with van der Waals surface area (Å²) >= 11 is 11.9. The van der Waals surface area contributed by atoms with Gasteiger partial charge in [0.15, 0.2) is 0 Å². The molecule has 0 spiro atoms. The zero-order valence-corrected chi connectivity index (χ0v) is 12.7. The standard InChI is InChI=1S/C15H11Cl2FN2O2/c16-12-2-1-3-13(17)11(12)8-14(21)19-20-15(22)9-4-6-10(18)7-5-9/h1-7H,8H2,(H,19,21)(H,20,22). The van der Waals surface area contributed by atoms with E-state index in [1.165, 1.54) is 12.1 Å². The van der Waals surface area contributed by atoms with Crippen LogP contribution < -0.4 is 10.9 Å². The molecule has 0 aliphatic rings. The summed E-state index contributed by atoms with van der Waals surface area (Å²) in [5.41, 5.74) is 5.17. The zero-order chi connectivity index (χ0) is 16.1. The van der Waals surface area contributed by atoms with Crippen molar-refractivity contribution in [1.29, 1.82) is 0 Å². The van der Waals surface area contributed by atoms with E-state index in [1.54, 1.807) is 18.2 Å². The lowest BCUT2D eigenvalue weighted by atomic mass is 10.1. The van der Waals surface area contributed by atoms with Gasteiger partial charge in [-0.25, -0.2) is 4.39 Å². The highest BCUT2D eigenvalue weighted by Crippen LogP contribution is 2.24. The highest BCUT2D eigenvalue weighted by molar-refractivity contribution is 6.36. The van der Waals surface area contributed by atoms with Gasteiger partial charge in [-0.05, 0) is 42.0 Å². The maximum atomic E-state index is 12.8. The number of benzene rings is 2. The molecule has 2 aromatic carbocycles. The van der Waals surface area contributed by atoms with E-state index in [-0.39, 0.29) is 12.0 Å². The first-order chi connectivity index (χ1) is 10.5. The lowest BCUT2D eigenvalue weighted by molar-refractivity contribution is -0.121. The third-order valence-electron chi connectivity index (χ3n) is 2.82. The first kappa shape index (κ1) is 16.3. The second-order valence-corrected chi connectivity index (χ2v) is 5.20. The van der Waals surface area contributed by atoms with Crippen molar-refractivity contribution >= 4 is 35.0 Å². The molecule has 0 bridgehead atoms. The van der Waals surface area contributed by atoms with Crippen LogP contribution in [-0.4, -0.2) is 11.8 Å². The predicted molar refractivity (Wildman–Crippen MR) is 82.2 cm³/mol. The van der Waals surface area contributed by atoms with E-state index in [0.717, 1.165) is 12.1 Å². The number of amides is 2. The van der Waals surface area contributed by atoms with E-state index in [9.17, 15) is 14.0 Å². The van der Waals surface area contributed by atoms with Gasteiger partial charge in [-0.1, -0.05) is 29.3 Å². The third kappa shape index (κ3) is 4.19. The maximum absolute atomic E-state index is 12.8. The number of hydrazine groups is 1. The lowest BCUT2D eigenvalue weighted by Gasteiger charge is -2.09. The van der Waals surface area contributed by atoms with E-state index in [0.29, 0.717) is 15.6 Å². The SMILES string of the molecule is O=C(Cc1c(Cl)cccc1Cl)NNC(=O)c1ccc(F)cc1. The first-order valence-corrected chi connectivity index (χ1v) is 7.00. The second-order valence-electron chi connectivity index (χ2n) is 4.39. The fraction of sp³-hybridized carbons (Fsp3) is 0.0667. The molecule has 0 saturated heterocycles. The van der Waals surface area contributed by atoms with Crippen LogP contribution in [0.4, 0.5) is 4.39 Å². The molecule has 0 atom stereocenters. The molecule has 0 fully saturated rings.